The van der Waals surface area contributed by atoms with Gasteiger partial charge in [-0.25, -0.2) is 0 Å². The number of nitrogens with zero attached hydrogens (tertiary/aromatic N) is 2. The molecule has 0 fully saturated rings. The number of Topliss-reactive ketones (excluding diaryl/α,β-unsaturated/α-hetero) is 1. The lowest BCUT2D eigenvalue weighted by atomic mass is 10.0. The molecule has 0 aliphatic rings. The van der Waals surface area contributed by atoms with Gasteiger partial charge in [-0.2, -0.15) is 0 Å². The minimum absolute atomic E-state index is 0.0596. The van der Waals surface area contributed by atoms with Crippen LogP contribution in [0.3, 0.4) is 0 Å². The highest BCUT2D eigenvalue weighted by atomic mass is 16.5. The molecule has 1 aromatic carbocycles. The van der Waals surface area contributed by atoms with E-state index in [9.17, 15) is 4.79 Å². The van der Waals surface area contributed by atoms with Crippen LogP contribution in [0.4, 0.5) is 0 Å². The molecule has 2 aromatic heterocycles. The third-order valence-electron chi connectivity index (χ3n) is 4.05. The summed E-state index contributed by atoms with van der Waals surface area (Å²) in [6.07, 6.45) is 0.863. The molecule has 0 saturated heterocycles. The predicted octanol–water partition coefficient (Wildman–Crippen LogP) is 4.18. The third-order valence-corrected chi connectivity index (χ3v) is 4.05. The monoisotopic (exact) mass is 336 g/mol. The topological polar surface area (TPSA) is 65.2 Å². The summed E-state index contributed by atoms with van der Waals surface area (Å²) in [6, 6.07) is 13.2. The van der Waals surface area contributed by atoms with E-state index in [1.165, 1.54) is 0 Å². The number of rotatable bonds is 6. The molecule has 0 aliphatic heterocycles. The Morgan fingerprint density at radius 1 is 1.16 bits per heavy atom. The summed E-state index contributed by atoms with van der Waals surface area (Å²) in [6.45, 7) is 3.77. The lowest BCUT2D eigenvalue weighted by Crippen LogP contribution is -2.05. The fraction of sp³-hybridized carbons (Fsp3) is 0.250. The van der Waals surface area contributed by atoms with E-state index >= 15 is 0 Å². The number of methoxy groups -OCH3 is 1. The summed E-state index contributed by atoms with van der Waals surface area (Å²) in [7, 11) is 1.63. The van der Waals surface area contributed by atoms with E-state index in [0.29, 0.717) is 24.2 Å². The van der Waals surface area contributed by atoms with E-state index < -0.39 is 0 Å². The number of ketones is 1. The maximum atomic E-state index is 12.4. The molecule has 25 heavy (non-hydrogen) atoms. The van der Waals surface area contributed by atoms with Crippen LogP contribution in [0.5, 0.6) is 5.75 Å². The van der Waals surface area contributed by atoms with Crippen LogP contribution >= 0.6 is 0 Å². The number of aromatic nitrogens is 2. The standard InChI is InChI=1S/C20H20N2O3/c1-13-7-9-18(14(2)21-13)20(23)10-8-17-12-19(22-25-17)15-5-4-6-16(11-15)24-3/h4-7,9,11-12H,8,10H2,1-3H3. The molecule has 128 valence electrons. The number of ether oxygens (including phenoxy) is 1. The van der Waals surface area contributed by atoms with Gasteiger partial charge in [0.2, 0.25) is 0 Å². The number of pyridine rings is 1. The molecule has 0 aliphatic carbocycles. The fourth-order valence-electron chi connectivity index (χ4n) is 2.70. The summed E-state index contributed by atoms with van der Waals surface area (Å²) in [5, 5.41) is 4.09. The first-order chi connectivity index (χ1) is 12.1. The Balaban J connectivity index is 1.68. The van der Waals surface area contributed by atoms with Crippen molar-refractivity contribution in [2.45, 2.75) is 26.7 Å². The molecule has 2 heterocycles. The van der Waals surface area contributed by atoms with Crippen LogP contribution in [0.25, 0.3) is 11.3 Å². The van der Waals surface area contributed by atoms with Crippen LogP contribution in [-0.4, -0.2) is 23.0 Å². The number of carbonyl (C=O) groups excluding carboxylic acids is 1. The van der Waals surface area contributed by atoms with Crippen LogP contribution in [0.2, 0.25) is 0 Å². The molecule has 0 radical (unpaired) electrons. The second-order valence-electron chi connectivity index (χ2n) is 5.92. The summed E-state index contributed by atoms with van der Waals surface area (Å²) in [5.74, 6) is 1.51. The zero-order chi connectivity index (χ0) is 17.8. The molecule has 0 amide bonds. The van der Waals surface area contributed by atoms with Gasteiger partial charge in [-0.1, -0.05) is 17.3 Å². The zero-order valence-corrected chi connectivity index (χ0v) is 14.6. The first kappa shape index (κ1) is 16.9. The van der Waals surface area contributed by atoms with Crippen molar-refractivity contribution in [1.82, 2.24) is 10.1 Å². The largest absolute Gasteiger partial charge is 0.497 e. The lowest BCUT2D eigenvalue weighted by Gasteiger charge is -2.04. The maximum Gasteiger partial charge on any atom is 0.165 e. The molecule has 0 unspecified atom stereocenters. The summed E-state index contributed by atoms with van der Waals surface area (Å²) in [4.78, 5) is 16.7. The second kappa shape index (κ2) is 7.30. The summed E-state index contributed by atoms with van der Waals surface area (Å²) >= 11 is 0. The molecular formula is C20H20N2O3. The highest BCUT2D eigenvalue weighted by molar-refractivity contribution is 5.97. The van der Waals surface area contributed by atoms with Gasteiger partial charge in [0.25, 0.3) is 0 Å². The Bertz CT molecular complexity index is 899. The molecule has 3 aromatic rings. The van der Waals surface area contributed by atoms with Crippen LogP contribution in [0, 0.1) is 13.8 Å². The van der Waals surface area contributed by atoms with Crippen LogP contribution < -0.4 is 4.74 Å². The SMILES string of the molecule is COc1cccc(-c2cc(CCC(=O)c3ccc(C)nc3C)on2)c1. The number of benzene rings is 1. The fourth-order valence-corrected chi connectivity index (χ4v) is 2.70. The molecule has 5 heteroatoms. The summed E-state index contributed by atoms with van der Waals surface area (Å²) in [5.41, 5.74) is 3.98. The van der Waals surface area contributed by atoms with Gasteiger partial charge in [-0.3, -0.25) is 9.78 Å². The highest BCUT2D eigenvalue weighted by Gasteiger charge is 2.13. The van der Waals surface area contributed by atoms with Crippen molar-refractivity contribution in [2.24, 2.45) is 0 Å². The molecule has 3 rings (SSSR count). The Morgan fingerprint density at radius 2 is 2.00 bits per heavy atom. The number of carbonyl (C=O) groups is 1. The Kier molecular flexibility index (Phi) is 4.93. The van der Waals surface area contributed by atoms with Crippen molar-refractivity contribution >= 4 is 5.78 Å². The Labute approximate surface area is 146 Å². The summed E-state index contributed by atoms with van der Waals surface area (Å²) < 4.78 is 10.6. The van der Waals surface area contributed by atoms with E-state index in [0.717, 1.165) is 28.4 Å². The zero-order valence-electron chi connectivity index (χ0n) is 14.6. The lowest BCUT2D eigenvalue weighted by molar-refractivity contribution is 0.0979. The van der Waals surface area contributed by atoms with Crippen molar-refractivity contribution in [3.05, 3.63) is 65.2 Å². The first-order valence-electron chi connectivity index (χ1n) is 8.14. The maximum absolute atomic E-state index is 12.4. The predicted molar refractivity (Wildman–Crippen MR) is 94.9 cm³/mol. The van der Waals surface area contributed by atoms with E-state index in [-0.39, 0.29) is 5.78 Å². The molecule has 0 atom stereocenters. The van der Waals surface area contributed by atoms with Gasteiger partial charge >= 0.3 is 0 Å². The average molecular weight is 336 g/mol. The Hall–Kier alpha value is -2.95. The van der Waals surface area contributed by atoms with Crippen molar-refractivity contribution in [1.29, 1.82) is 0 Å². The van der Waals surface area contributed by atoms with Gasteiger partial charge in [-0.15, -0.1) is 0 Å². The van der Waals surface area contributed by atoms with Crippen molar-refractivity contribution in [3.63, 3.8) is 0 Å². The normalized spacial score (nSPS) is 10.7. The first-order valence-corrected chi connectivity index (χ1v) is 8.14. The van der Waals surface area contributed by atoms with Crippen LogP contribution in [0.1, 0.15) is 33.9 Å². The molecule has 0 N–H and O–H groups in total. The van der Waals surface area contributed by atoms with Gasteiger partial charge in [0.15, 0.2) is 5.78 Å². The highest BCUT2D eigenvalue weighted by Crippen LogP contribution is 2.24. The van der Waals surface area contributed by atoms with Gasteiger partial charge < -0.3 is 9.26 Å². The quantitative estimate of drug-likeness (QED) is 0.632. The molecule has 0 spiro atoms. The van der Waals surface area contributed by atoms with E-state index in [2.05, 4.69) is 10.1 Å². The van der Waals surface area contributed by atoms with E-state index in [1.54, 1.807) is 7.11 Å². The van der Waals surface area contributed by atoms with Crippen LogP contribution in [0.15, 0.2) is 47.0 Å². The van der Waals surface area contributed by atoms with Crippen molar-refractivity contribution in [3.8, 4) is 17.0 Å². The minimum Gasteiger partial charge on any atom is -0.497 e. The van der Waals surface area contributed by atoms with Gasteiger partial charge in [0.1, 0.15) is 17.2 Å². The third kappa shape index (κ3) is 3.94. The van der Waals surface area contributed by atoms with E-state index in [1.807, 2.05) is 56.3 Å². The molecule has 0 saturated carbocycles. The average Bonchev–Trinajstić information content (AvgIpc) is 3.09. The van der Waals surface area contributed by atoms with Gasteiger partial charge in [0, 0.05) is 41.4 Å². The smallest absolute Gasteiger partial charge is 0.165 e. The van der Waals surface area contributed by atoms with Crippen molar-refractivity contribution < 1.29 is 14.1 Å². The number of hydrogen-bond acceptors (Lipinski definition) is 5. The van der Waals surface area contributed by atoms with Gasteiger partial charge in [-0.05, 0) is 38.1 Å². The van der Waals surface area contributed by atoms with Gasteiger partial charge in [0.05, 0.1) is 7.11 Å². The van der Waals surface area contributed by atoms with E-state index in [4.69, 9.17) is 9.26 Å². The minimum atomic E-state index is 0.0596. The number of hydrogen-bond donors (Lipinski definition) is 0. The molecule has 0 bridgehead atoms. The van der Waals surface area contributed by atoms with Crippen molar-refractivity contribution in [2.75, 3.05) is 7.11 Å². The second-order valence-corrected chi connectivity index (χ2v) is 5.92. The Morgan fingerprint density at radius 3 is 2.76 bits per heavy atom. The number of aryl methyl sites for hydroxylation is 3. The van der Waals surface area contributed by atoms with Crippen LogP contribution in [-0.2, 0) is 6.42 Å². The molecule has 5 nitrogen and oxygen atoms in total. The molecular weight excluding hydrogens is 316 g/mol.